The summed E-state index contributed by atoms with van der Waals surface area (Å²) >= 11 is 0. The number of hydrogen-bond donors (Lipinski definition) is 12. The van der Waals surface area contributed by atoms with E-state index in [1.807, 2.05) is 0 Å². The lowest BCUT2D eigenvalue weighted by molar-refractivity contribution is -0.126. The third-order valence-corrected chi connectivity index (χ3v) is 19.1. The van der Waals surface area contributed by atoms with Gasteiger partial charge in [0.25, 0.3) is 94.5 Å². The maximum absolute atomic E-state index is 14.7. The molecule has 4 atom stereocenters. The molecule has 10 aromatic rings. The number of phenols is 4. The third kappa shape index (κ3) is 13.3. The SMILES string of the molecule is O=C1N[C@@H](Cc2ccc(O)cc2)C(=O)NN2C(=O)c3ccc4c5c(ccc(c35)C2=O)C(=O)N(NC(=O)[C@H](Cc2ccc(O)cc2)NC(=O)c2cccc(n2)C(=O)N[C@@H](Cc2ccc(O)cc2)C(=O)NN2C(=O)c3ccc5c6c(ccc(c36)C2=O)C(=O)N(NC(=O)[C@H](Cc2ccc(O)cc2)NC(=O)c2cccc1n2)C5=O)C4=O. The Morgan fingerprint density at radius 2 is 0.411 bits per heavy atom. The number of pyridine rings is 2. The molecule has 2 aromatic heterocycles. The van der Waals surface area contributed by atoms with Crippen LogP contribution in [-0.2, 0) is 44.9 Å². The van der Waals surface area contributed by atoms with Crippen LogP contribution in [0.4, 0.5) is 0 Å². The molecule has 15 aliphatic heterocycles. The van der Waals surface area contributed by atoms with Crippen molar-refractivity contribution >= 4 is 116 Å². The van der Waals surface area contributed by atoms with E-state index in [-0.39, 0.29) is 89.1 Å². The van der Waals surface area contributed by atoms with Crippen LogP contribution in [0.3, 0.4) is 0 Å². The molecule has 0 saturated carbocycles. The number of carbonyl (C=O) groups is 16. The highest BCUT2D eigenvalue weighted by atomic mass is 16.3. The second-order valence-corrected chi connectivity index (χ2v) is 26.2. The fourth-order valence-corrected chi connectivity index (χ4v) is 13.5. The van der Waals surface area contributed by atoms with Gasteiger partial charge in [0.1, 0.15) is 69.9 Å². The van der Waals surface area contributed by atoms with Gasteiger partial charge in [0.2, 0.25) is 0 Å². The minimum Gasteiger partial charge on any atom is -0.508 e. The lowest BCUT2D eigenvalue weighted by Crippen LogP contribution is -2.58. The second-order valence-electron chi connectivity index (χ2n) is 26.2. The van der Waals surface area contributed by atoms with E-state index in [1.165, 1.54) is 109 Å². The van der Waals surface area contributed by atoms with E-state index in [1.54, 1.807) is 0 Å². The summed E-state index contributed by atoms with van der Waals surface area (Å²) in [5, 5.41) is 51.0. The number of aromatic nitrogens is 2. The van der Waals surface area contributed by atoms with Crippen molar-refractivity contribution < 1.29 is 97.1 Å². The summed E-state index contributed by atoms with van der Waals surface area (Å²) in [5.41, 5.74) is 5.68. The van der Waals surface area contributed by atoms with Crippen molar-refractivity contribution in [3.05, 3.63) is 272 Å². The number of hydrazine groups is 4. The maximum Gasteiger partial charge on any atom is 0.280 e. The summed E-state index contributed by atoms with van der Waals surface area (Å²) < 4.78 is 0. The van der Waals surface area contributed by atoms with Crippen LogP contribution in [0.1, 0.15) is 147 Å². The number of aromatic hydroxyl groups is 4. The first-order valence-electron chi connectivity index (χ1n) is 34.0. The van der Waals surface area contributed by atoms with Gasteiger partial charge in [-0.3, -0.25) is 98.4 Å². The predicted molar refractivity (Wildman–Crippen MR) is 383 cm³/mol. The first-order valence-corrected chi connectivity index (χ1v) is 34.0. The molecule has 20 bridgehead atoms. The number of nitrogens with one attached hydrogen (secondary N) is 8. The average molecular weight is 1510 g/mol. The zero-order chi connectivity index (χ0) is 78.8. The lowest BCUT2D eigenvalue weighted by Gasteiger charge is -2.32. The Morgan fingerprint density at radius 3 is 0.580 bits per heavy atom. The summed E-state index contributed by atoms with van der Waals surface area (Å²) in [5.74, 6) is -19.5. The molecule has 0 saturated heterocycles. The Labute approximate surface area is 627 Å². The van der Waals surface area contributed by atoms with Crippen molar-refractivity contribution in [1.29, 1.82) is 0 Å². The smallest absolute Gasteiger partial charge is 0.280 e. The molecule has 25 rings (SSSR count). The highest BCUT2D eigenvalue weighted by Gasteiger charge is 2.45. The Kier molecular flexibility index (Phi) is 18.2. The van der Waals surface area contributed by atoms with Crippen LogP contribution in [0.25, 0.3) is 21.5 Å². The van der Waals surface area contributed by atoms with Crippen LogP contribution < -0.4 is 43.0 Å². The summed E-state index contributed by atoms with van der Waals surface area (Å²) in [4.78, 5) is 242. The molecule has 34 heteroatoms. The van der Waals surface area contributed by atoms with Gasteiger partial charge in [0.05, 0.1) is 44.5 Å². The average Bonchev–Trinajstić information content (AvgIpc) is 0.716. The molecular weight excluding hydrogens is 1450 g/mol. The summed E-state index contributed by atoms with van der Waals surface area (Å²) in [6.07, 6.45) is -1.60. The molecule has 16 amide bonds. The van der Waals surface area contributed by atoms with E-state index < -0.39 is 167 Å². The largest absolute Gasteiger partial charge is 0.508 e. The minimum atomic E-state index is -1.73. The van der Waals surface area contributed by atoms with Gasteiger partial charge in [-0.25, -0.2) is 9.97 Å². The fourth-order valence-electron chi connectivity index (χ4n) is 13.5. The van der Waals surface area contributed by atoms with Crippen molar-refractivity contribution in [1.82, 2.24) is 73.0 Å². The van der Waals surface area contributed by atoms with Gasteiger partial charge >= 0.3 is 0 Å². The van der Waals surface area contributed by atoms with E-state index in [4.69, 9.17) is 0 Å². The number of imide groups is 4. The van der Waals surface area contributed by atoms with E-state index >= 15 is 0 Å². The van der Waals surface area contributed by atoms with E-state index in [2.05, 4.69) is 52.9 Å². The molecule has 12 N–H and O–H groups in total. The molecule has 8 aromatic carbocycles. The van der Waals surface area contributed by atoms with Crippen molar-refractivity contribution in [2.24, 2.45) is 0 Å². The second kappa shape index (κ2) is 28.4. The summed E-state index contributed by atoms with van der Waals surface area (Å²) in [6, 6.07) is 30.5. The molecular formula is C78H54N14O20. The number of hydrogen-bond acceptors (Lipinski definition) is 22. The van der Waals surface area contributed by atoms with Gasteiger partial charge < -0.3 is 41.7 Å². The quantitative estimate of drug-likeness (QED) is 0.0973. The zero-order valence-corrected chi connectivity index (χ0v) is 57.5. The topological polar surface area (TPSA) is 489 Å². The maximum atomic E-state index is 14.7. The standard InChI is InChI=1S/C78H54N14O20/c93-39-15-7-35(8-16-39)31-55-67(101)85-89-71(105)43-23-27-47-61-48(28-24-44(59(43)61)72(89)106)76(110)91(75(47)109)87-69(103)57(33-37-11-19-41(95)20-12-37)83-65(99)53-5-2-6-54(80-53)66(100)84-58(34-38-13-21-42(96)22-14-38)70(104)88-92-77(111)49-29-25-45-60-46(26-30-50(62(49)60)78(92)112)74(108)90(73(45)107)86-68(102)56(32-36-9-17-40(94)18-10-36)82-64(98)52-4-1-3-51(79-52)63(97)81-55/h1-30,55-58,93-96H,31-34H2,(H,81,97)(H,82,98)(H,83,99)(H,84,100)(H,85,101)(H,86,102)(H,87,103)(H,88,104)/t55-,56-,57-,58-/m0/s1. The molecule has 0 unspecified atom stereocenters. The van der Waals surface area contributed by atoms with Gasteiger partial charge in [0.15, 0.2) is 0 Å². The van der Waals surface area contributed by atoms with E-state index in [9.17, 15) is 97.1 Å². The van der Waals surface area contributed by atoms with Gasteiger partial charge in [-0.1, -0.05) is 60.7 Å². The monoisotopic (exact) mass is 1510 g/mol. The molecule has 112 heavy (non-hydrogen) atoms. The van der Waals surface area contributed by atoms with E-state index in [0.717, 1.165) is 72.8 Å². The van der Waals surface area contributed by atoms with Gasteiger partial charge in [0, 0.05) is 47.2 Å². The van der Waals surface area contributed by atoms with Crippen molar-refractivity contribution in [3.63, 3.8) is 0 Å². The van der Waals surface area contributed by atoms with Crippen molar-refractivity contribution in [2.45, 2.75) is 49.9 Å². The molecule has 556 valence electrons. The molecule has 0 radical (unpaired) electrons. The minimum absolute atomic E-state index is 0.178. The Balaban J connectivity index is 0.784. The number of amides is 16. The summed E-state index contributed by atoms with van der Waals surface area (Å²) in [7, 11) is 0. The summed E-state index contributed by atoms with van der Waals surface area (Å²) in [6.45, 7) is 0. The predicted octanol–water partition coefficient (Wildman–Crippen LogP) is 2.59. The number of phenolic OH excluding ortho intramolecular Hbond substituents is 4. The van der Waals surface area contributed by atoms with Crippen molar-refractivity contribution in [3.8, 4) is 23.0 Å². The molecule has 15 aliphatic rings. The zero-order valence-electron chi connectivity index (χ0n) is 57.5. The molecule has 34 nitrogen and oxygen atoms in total. The van der Waals surface area contributed by atoms with E-state index in [0.29, 0.717) is 42.3 Å². The molecule has 0 fully saturated rings. The Morgan fingerprint density at radius 1 is 0.241 bits per heavy atom. The lowest BCUT2D eigenvalue weighted by atomic mass is 9.86. The third-order valence-electron chi connectivity index (χ3n) is 19.1. The van der Waals surface area contributed by atoms with Crippen LogP contribution in [0.2, 0.25) is 0 Å². The number of carbonyl (C=O) groups excluding carboxylic acids is 16. The van der Waals surface area contributed by atoms with Crippen LogP contribution in [0.5, 0.6) is 23.0 Å². The number of nitrogens with zero attached hydrogens (tertiary/aromatic N) is 6. The van der Waals surface area contributed by atoms with Crippen LogP contribution in [-0.4, -0.2) is 169 Å². The first-order chi connectivity index (χ1) is 53.7. The molecule has 0 aliphatic carbocycles. The number of rotatable bonds is 8. The van der Waals surface area contributed by atoms with Gasteiger partial charge in [-0.2, -0.15) is 20.0 Å². The highest BCUT2D eigenvalue weighted by molar-refractivity contribution is 6.35. The number of benzene rings is 8. The van der Waals surface area contributed by atoms with Gasteiger partial charge in [-0.15, -0.1) is 0 Å². The molecule has 17 heterocycles. The Hall–Kier alpha value is -15.9. The fraction of sp³-hybridized carbons (Fsp3) is 0.103. The molecule has 0 spiro atoms. The van der Waals surface area contributed by atoms with Crippen LogP contribution in [0.15, 0.2) is 182 Å². The van der Waals surface area contributed by atoms with Crippen LogP contribution >= 0.6 is 0 Å². The normalized spacial score (nSPS) is 18.4. The van der Waals surface area contributed by atoms with Gasteiger partial charge in [-0.05, 0) is 144 Å². The Bertz CT molecular complexity index is 5050. The van der Waals surface area contributed by atoms with Crippen LogP contribution in [0, 0.1) is 0 Å². The first kappa shape index (κ1) is 71.7. The highest BCUT2D eigenvalue weighted by Crippen LogP contribution is 2.40. The van der Waals surface area contributed by atoms with Crippen molar-refractivity contribution in [2.75, 3.05) is 0 Å².